The van der Waals surface area contributed by atoms with Gasteiger partial charge in [0.2, 0.25) is 0 Å². The van der Waals surface area contributed by atoms with Crippen LogP contribution in [0.4, 0.5) is 0 Å². The molecule has 56 valence electrons. The second-order valence-corrected chi connectivity index (χ2v) is 2.83. The van der Waals surface area contributed by atoms with E-state index in [0.29, 0.717) is 0 Å². The van der Waals surface area contributed by atoms with Crippen molar-refractivity contribution in [3.8, 4) is 0 Å². The highest BCUT2D eigenvalue weighted by molar-refractivity contribution is 5.13. The van der Waals surface area contributed by atoms with Crippen LogP contribution in [0.15, 0.2) is 18.5 Å². The van der Waals surface area contributed by atoms with Gasteiger partial charge >= 0.3 is 0 Å². The molecule has 10 heavy (non-hydrogen) atoms. The van der Waals surface area contributed by atoms with Crippen molar-refractivity contribution in [2.75, 3.05) is 0 Å². The van der Waals surface area contributed by atoms with Crippen molar-refractivity contribution in [1.29, 1.82) is 0 Å². The zero-order chi connectivity index (χ0) is 7.40. The van der Waals surface area contributed by atoms with Gasteiger partial charge in [-0.25, -0.2) is 0 Å². The molecular formula is C9H15N. The molecule has 0 bridgehead atoms. The number of aromatic nitrogens is 1. The average molecular weight is 137 g/mol. The second-order valence-electron chi connectivity index (χ2n) is 2.83. The summed E-state index contributed by atoms with van der Waals surface area (Å²) < 4.78 is 0. The Balaban J connectivity index is 2.50. The minimum absolute atomic E-state index is 0.719. The molecule has 0 saturated heterocycles. The van der Waals surface area contributed by atoms with Crippen LogP contribution >= 0.6 is 0 Å². The molecule has 0 spiro atoms. The third-order valence-corrected chi connectivity index (χ3v) is 1.91. The van der Waals surface area contributed by atoms with E-state index in [4.69, 9.17) is 0 Å². The smallest absolute Gasteiger partial charge is 0.00400 e. The lowest BCUT2D eigenvalue weighted by atomic mass is 10.00. The molecule has 1 heteroatoms. The van der Waals surface area contributed by atoms with Crippen molar-refractivity contribution < 1.29 is 0 Å². The summed E-state index contributed by atoms with van der Waals surface area (Å²) in [7, 11) is 0. The summed E-state index contributed by atoms with van der Waals surface area (Å²) in [5.41, 5.74) is 1.43. The first-order valence-electron chi connectivity index (χ1n) is 3.97. The molecule has 1 rings (SSSR count). The molecule has 1 nitrogen and oxygen atoms in total. The molecule has 0 aromatic carbocycles. The van der Waals surface area contributed by atoms with Gasteiger partial charge in [0.05, 0.1) is 0 Å². The highest BCUT2D eigenvalue weighted by Gasteiger charge is 2.02. The van der Waals surface area contributed by atoms with Gasteiger partial charge in [0.15, 0.2) is 0 Å². The molecule has 1 aromatic heterocycles. The maximum absolute atomic E-state index is 3.07. The summed E-state index contributed by atoms with van der Waals surface area (Å²) in [6.07, 6.45) is 6.63. The van der Waals surface area contributed by atoms with E-state index in [1.54, 1.807) is 0 Å². The summed E-state index contributed by atoms with van der Waals surface area (Å²) in [6.45, 7) is 4.50. The first-order chi connectivity index (χ1) is 4.84. The van der Waals surface area contributed by atoms with Gasteiger partial charge in [-0.3, -0.25) is 0 Å². The highest BCUT2D eigenvalue weighted by Crippen LogP contribution is 2.18. The van der Waals surface area contributed by atoms with E-state index in [-0.39, 0.29) is 0 Å². The molecule has 0 saturated carbocycles. The zero-order valence-electron chi connectivity index (χ0n) is 6.72. The topological polar surface area (TPSA) is 15.8 Å². The van der Waals surface area contributed by atoms with Crippen LogP contribution in [0.3, 0.4) is 0 Å². The molecule has 0 fully saturated rings. The lowest BCUT2D eigenvalue weighted by Gasteiger charge is -2.05. The second kappa shape index (κ2) is 3.45. The van der Waals surface area contributed by atoms with E-state index in [1.807, 2.05) is 6.20 Å². The molecule has 0 aliphatic heterocycles. The molecule has 1 atom stereocenters. The lowest BCUT2D eigenvalue weighted by molar-refractivity contribution is 0.665. The Hall–Kier alpha value is -0.720. The van der Waals surface area contributed by atoms with Gasteiger partial charge in [0, 0.05) is 12.4 Å². The monoisotopic (exact) mass is 137 g/mol. The zero-order valence-corrected chi connectivity index (χ0v) is 6.72. The Morgan fingerprint density at radius 2 is 2.40 bits per heavy atom. The third kappa shape index (κ3) is 1.63. The van der Waals surface area contributed by atoms with Crippen LogP contribution in [0, 0.1) is 0 Å². The number of aromatic amines is 1. The Morgan fingerprint density at radius 1 is 1.60 bits per heavy atom. The number of H-pyrrole nitrogens is 1. The van der Waals surface area contributed by atoms with Crippen LogP contribution in [0.1, 0.15) is 38.2 Å². The van der Waals surface area contributed by atoms with Crippen LogP contribution in [0.25, 0.3) is 0 Å². The minimum Gasteiger partial charge on any atom is -0.367 e. The van der Waals surface area contributed by atoms with Crippen molar-refractivity contribution in [2.24, 2.45) is 0 Å². The molecular weight excluding hydrogens is 122 g/mol. The molecule has 1 heterocycles. The van der Waals surface area contributed by atoms with E-state index >= 15 is 0 Å². The molecule has 1 aromatic rings. The van der Waals surface area contributed by atoms with Crippen molar-refractivity contribution in [3.63, 3.8) is 0 Å². The lowest BCUT2D eigenvalue weighted by Crippen LogP contribution is -1.88. The van der Waals surface area contributed by atoms with Crippen molar-refractivity contribution >= 4 is 0 Å². The minimum atomic E-state index is 0.719. The average Bonchev–Trinajstić information content (AvgIpc) is 2.38. The molecule has 0 radical (unpaired) electrons. The van der Waals surface area contributed by atoms with Crippen molar-refractivity contribution in [1.82, 2.24) is 4.98 Å². The summed E-state index contributed by atoms with van der Waals surface area (Å²) in [6, 6.07) is 2.15. The molecule has 0 aliphatic carbocycles. The highest BCUT2D eigenvalue weighted by atomic mass is 14.6. The van der Waals surface area contributed by atoms with Crippen LogP contribution in [0.2, 0.25) is 0 Å². The van der Waals surface area contributed by atoms with Gasteiger partial charge in [0.25, 0.3) is 0 Å². The summed E-state index contributed by atoms with van der Waals surface area (Å²) >= 11 is 0. The third-order valence-electron chi connectivity index (χ3n) is 1.91. The fraction of sp³-hybridized carbons (Fsp3) is 0.556. The number of hydrogen-bond acceptors (Lipinski definition) is 0. The van der Waals surface area contributed by atoms with E-state index in [2.05, 4.69) is 31.1 Å². The Bertz CT molecular complexity index is 165. The van der Waals surface area contributed by atoms with Gasteiger partial charge in [-0.2, -0.15) is 0 Å². The van der Waals surface area contributed by atoms with Crippen molar-refractivity contribution in [2.45, 2.75) is 32.6 Å². The van der Waals surface area contributed by atoms with Crippen LogP contribution in [0.5, 0.6) is 0 Å². The van der Waals surface area contributed by atoms with E-state index in [0.717, 1.165) is 5.92 Å². The Labute approximate surface area is 62.5 Å². The number of hydrogen-bond donors (Lipinski definition) is 1. The fourth-order valence-electron chi connectivity index (χ4n) is 1.24. The summed E-state index contributed by atoms with van der Waals surface area (Å²) in [4.78, 5) is 3.07. The van der Waals surface area contributed by atoms with Gasteiger partial charge in [-0.1, -0.05) is 20.3 Å². The molecule has 1 N–H and O–H groups in total. The van der Waals surface area contributed by atoms with Crippen LogP contribution in [-0.4, -0.2) is 4.98 Å². The quantitative estimate of drug-likeness (QED) is 0.659. The molecule has 0 amide bonds. The molecule has 1 unspecified atom stereocenters. The van der Waals surface area contributed by atoms with Gasteiger partial charge < -0.3 is 4.98 Å². The van der Waals surface area contributed by atoms with Gasteiger partial charge in [-0.05, 0) is 24.0 Å². The maximum atomic E-state index is 3.07. The largest absolute Gasteiger partial charge is 0.367 e. The SMILES string of the molecule is CCCC(C)c1cc[nH]c1. The van der Waals surface area contributed by atoms with Crippen LogP contribution < -0.4 is 0 Å². The van der Waals surface area contributed by atoms with E-state index < -0.39 is 0 Å². The predicted octanol–water partition coefficient (Wildman–Crippen LogP) is 2.92. The van der Waals surface area contributed by atoms with Gasteiger partial charge in [0.1, 0.15) is 0 Å². The Kier molecular flexibility index (Phi) is 2.55. The summed E-state index contributed by atoms with van der Waals surface area (Å²) in [5.74, 6) is 0.719. The molecule has 0 aliphatic rings. The Morgan fingerprint density at radius 3 is 2.90 bits per heavy atom. The van der Waals surface area contributed by atoms with Gasteiger partial charge in [-0.15, -0.1) is 0 Å². The summed E-state index contributed by atoms with van der Waals surface area (Å²) in [5, 5.41) is 0. The van der Waals surface area contributed by atoms with E-state index in [9.17, 15) is 0 Å². The van der Waals surface area contributed by atoms with Crippen LogP contribution in [-0.2, 0) is 0 Å². The number of nitrogens with one attached hydrogen (secondary N) is 1. The van der Waals surface area contributed by atoms with Crippen molar-refractivity contribution in [3.05, 3.63) is 24.0 Å². The first kappa shape index (κ1) is 7.39. The van der Waals surface area contributed by atoms with E-state index in [1.165, 1.54) is 18.4 Å². The fourth-order valence-corrected chi connectivity index (χ4v) is 1.24. The normalized spacial score (nSPS) is 13.4. The standard InChI is InChI=1S/C9H15N/c1-3-4-8(2)9-5-6-10-7-9/h5-8,10H,3-4H2,1-2H3. The first-order valence-corrected chi connectivity index (χ1v) is 3.97. The predicted molar refractivity (Wildman–Crippen MR) is 44.1 cm³/mol. The maximum Gasteiger partial charge on any atom is 0.00400 e. The number of rotatable bonds is 3.